The molecule has 0 amide bonds. The number of ether oxygens (including phenoxy) is 1. The highest BCUT2D eigenvalue weighted by molar-refractivity contribution is 5.36. The van der Waals surface area contributed by atoms with E-state index in [0.717, 1.165) is 25.0 Å². The molecule has 2 rings (SSSR count). The molecule has 88 valence electrons. The summed E-state index contributed by atoms with van der Waals surface area (Å²) in [5.74, 6) is 1.55. The van der Waals surface area contributed by atoms with Crippen LogP contribution in [-0.2, 0) is 0 Å². The molecule has 2 nitrogen and oxygen atoms in total. The third kappa shape index (κ3) is 2.56. The fraction of sp³-hybridized carbons (Fsp3) is 0.571. The molecule has 0 aliphatic heterocycles. The minimum atomic E-state index is -0.0391. The van der Waals surface area contributed by atoms with Crippen molar-refractivity contribution in [1.82, 2.24) is 0 Å². The van der Waals surface area contributed by atoms with E-state index in [2.05, 4.69) is 26.0 Å². The highest BCUT2D eigenvalue weighted by Gasteiger charge is 2.39. The topological polar surface area (TPSA) is 35.2 Å². The fourth-order valence-corrected chi connectivity index (χ4v) is 1.77. The Hall–Kier alpha value is -1.02. The fourth-order valence-electron chi connectivity index (χ4n) is 1.77. The number of hydrogen-bond acceptors (Lipinski definition) is 2. The second-order valence-corrected chi connectivity index (χ2v) is 5.00. The van der Waals surface area contributed by atoms with Crippen LogP contribution in [0.5, 0.6) is 5.75 Å². The quantitative estimate of drug-likeness (QED) is 0.826. The van der Waals surface area contributed by atoms with Crippen LogP contribution >= 0.6 is 0 Å². The van der Waals surface area contributed by atoms with Crippen LogP contribution in [0.4, 0.5) is 0 Å². The standard InChI is InChI=1S/C14H21NO/c1-3-11(2)12-6-4-5-7-13(12)16-10-14(15)8-9-14/h4-7,11H,3,8-10,15H2,1-2H3. The molecule has 1 aliphatic carbocycles. The smallest absolute Gasteiger partial charge is 0.122 e. The summed E-state index contributed by atoms with van der Waals surface area (Å²) in [6, 6.07) is 8.30. The molecule has 2 heteroatoms. The molecule has 1 aliphatic rings. The lowest BCUT2D eigenvalue weighted by Crippen LogP contribution is -2.30. The first-order valence-corrected chi connectivity index (χ1v) is 6.15. The summed E-state index contributed by atoms with van der Waals surface area (Å²) in [6.07, 6.45) is 3.32. The van der Waals surface area contributed by atoms with Gasteiger partial charge in [-0.05, 0) is 36.8 Å². The van der Waals surface area contributed by atoms with Crippen molar-refractivity contribution in [2.75, 3.05) is 6.61 Å². The molecule has 0 heterocycles. The van der Waals surface area contributed by atoms with Gasteiger partial charge in [-0.2, -0.15) is 0 Å². The van der Waals surface area contributed by atoms with E-state index in [1.165, 1.54) is 5.56 Å². The molecule has 1 saturated carbocycles. The van der Waals surface area contributed by atoms with Crippen molar-refractivity contribution in [1.29, 1.82) is 0 Å². The maximum absolute atomic E-state index is 6.03. The molecule has 1 aromatic carbocycles. The van der Waals surface area contributed by atoms with Crippen LogP contribution in [0, 0.1) is 0 Å². The Morgan fingerprint density at radius 3 is 2.69 bits per heavy atom. The Labute approximate surface area is 97.8 Å². The molecule has 0 aromatic heterocycles. The number of nitrogens with two attached hydrogens (primary N) is 1. The van der Waals surface area contributed by atoms with Gasteiger partial charge in [-0.1, -0.05) is 32.0 Å². The van der Waals surface area contributed by atoms with Crippen LogP contribution in [0.2, 0.25) is 0 Å². The largest absolute Gasteiger partial charge is 0.491 e. The van der Waals surface area contributed by atoms with E-state index in [-0.39, 0.29) is 5.54 Å². The lowest BCUT2D eigenvalue weighted by atomic mass is 9.98. The average molecular weight is 219 g/mol. The van der Waals surface area contributed by atoms with Crippen LogP contribution in [0.1, 0.15) is 44.6 Å². The summed E-state index contributed by atoms with van der Waals surface area (Å²) in [5, 5.41) is 0. The van der Waals surface area contributed by atoms with Gasteiger partial charge >= 0.3 is 0 Å². The molecule has 0 saturated heterocycles. The van der Waals surface area contributed by atoms with E-state index in [9.17, 15) is 0 Å². The Morgan fingerprint density at radius 1 is 1.38 bits per heavy atom. The van der Waals surface area contributed by atoms with Crippen LogP contribution in [0.15, 0.2) is 24.3 Å². The van der Waals surface area contributed by atoms with Gasteiger partial charge in [-0.3, -0.25) is 0 Å². The Morgan fingerprint density at radius 2 is 2.06 bits per heavy atom. The van der Waals surface area contributed by atoms with E-state index < -0.39 is 0 Å². The number of para-hydroxylation sites is 1. The molecule has 16 heavy (non-hydrogen) atoms. The van der Waals surface area contributed by atoms with Gasteiger partial charge in [0.2, 0.25) is 0 Å². The normalized spacial score (nSPS) is 19.2. The predicted octanol–water partition coefficient (Wildman–Crippen LogP) is 3.07. The minimum Gasteiger partial charge on any atom is -0.491 e. The molecule has 1 fully saturated rings. The van der Waals surface area contributed by atoms with Gasteiger partial charge < -0.3 is 10.5 Å². The lowest BCUT2D eigenvalue weighted by Gasteiger charge is -2.17. The molecule has 1 aromatic rings. The van der Waals surface area contributed by atoms with E-state index in [0.29, 0.717) is 12.5 Å². The van der Waals surface area contributed by atoms with Crippen molar-refractivity contribution in [3.63, 3.8) is 0 Å². The summed E-state index contributed by atoms with van der Waals surface area (Å²) < 4.78 is 5.86. The molecule has 0 spiro atoms. The number of rotatable bonds is 5. The van der Waals surface area contributed by atoms with Crippen LogP contribution in [-0.4, -0.2) is 12.1 Å². The molecular weight excluding hydrogens is 198 g/mol. The zero-order valence-corrected chi connectivity index (χ0v) is 10.2. The third-order valence-electron chi connectivity index (χ3n) is 3.47. The molecule has 0 radical (unpaired) electrons. The highest BCUT2D eigenvalue weighted by Crippen LogP contribution is 2.34. The lowest BCUT2D eigenvalue weighted by molar-refractivity contribution is 0.275. The monoisotopic (exact) mass is 219 g/mol. The summed E-state index contributed by atoms with van der Waals surface area (Å²) in [6.45, 7) is 5.09. The van der Waals surface area contributed by atoms with E-state index >= 15 is 0 Å². The summed E-state index contributed by atoms with van der Waals surface area (Å²) in [5.41, 5.74) is 7.29. The van der Waals surface area contributed by atoms with Crippen LogP contribution in [0.3, 0.4) is 0 Å². The first-order chi connectivity index (χ1) is 7.64. The summed E-state index contributed by atoms with van der Waals surface area (Å²) >= 11 is 0. The Kier molecular flexibility index (Phi) is 3.20. The average Bonchev–Trinajstić information content (AvgIpc) is 3.05. The molecule has 0 bridgehead atoms. The number of benzene rings is 1. The maximum Gasteiger partial charge on any atom is 0.122 e. The highest BCUT2D eigenvalue weighted by atomic mass is 16.5. The second-order valence-electron chi connectivity index (χ2n) is 5.00. The van der Waals surface area contributed by atoms with Gasteiger partial charge in [0.05, 0.1) is 5.54 Å². The SMILES string of the molecule is CCC(C)c1ccccc1OCC1(N)CC1. The first kappa shape index (κ1) is 11.5. The van der Waals surface area contributed by atoms with Crippen molar-refractivity contribution < 1.29 is 4.74 Å². The molecular formula is C14H21NO. The zero-order chi connectivity index (χ0) is 11.6. The second kappa shape index (κ2) is 4.46. The van der Waals surface area contributed by atoms with Gasteiger partial charge in [0.15, 0.2) is 0 Å². The zero-order valence-electron chi connectivity index (χ0n) is 10.2. The van der Waals surface area contributed by atoms with Gasteiger partial charge in [-0.15, -0.1) is 0 Å². The third-order valence-corrected chi connectivity index (χ3v) is 3.47. The van der Waals surface area contributed by atoms with Gasteiger partial charge in [0.25, 0.3) is 0 Å². The summed E-state index contributed by atoms with van der Waals surface area (Å²) in [7, 11) is 0. The minimum absolute atomic E-state index is 0.0391. The van der Waals surface area contributed by atoms with Gasteiger partial charge in [-0.25, -0.2) is 0 Å². The van der Waals surface area contributed by atoms with Crippen molar-refractivity contribution in [2.45, 2.75) is 44.6 Å². The van der Waals surface area contributed by atoms with Crippen molar-refractivity contribution in [3.8, 4) is 5.75 Å². The van der Waals surface area contributed by atoms with Crippen molar-refractivity contribution in [2.24, 2.45) is 5.73 Å². The molecule has 2 N–H and O–H groups in total. The van der Waals surface area contributed by atoms with E-state index in [1.807, 2.05) is 12.1 Å². The predicted molar refractivity (Wildman–Crippen MR) is 66.8 cm³/mol. The van der Waals surface area contributed by atoms with Crippen LogP contribution in [0.25, 0.3) is 0 Å². The van der Waals surface area contributed by atoms with Crippen molar-refractivity contribution >= 4 is 0 Å². The van der Waals surface area contributed by atoms with E-state index in [1.54, 1.807) is 0 Å². The Balaban J connectivity index is 2.06. The Bertz CT molecular complexity index is 358. The van der Waals surface area contributed by atoms with Crippen molar-refractivity contribution in [3.05, 3.63) is 29.8 Å². The van der Waals surface area contributed by atoms with E-state index in [4.69, 9.17) is 10.5 Å². The maximum atomic E-state index is 6.03. The van der Waals surface area contributed by atoms with Gasteiger partial charge in [0.1, 0.15) is 12.4 Å². The number of hydrogen-bond donors (Lipinski definition) is 1. The summed E-state index contributed by atoms with van der Waals surface area (Å²) in [4.78, 5) is 0. The van der Waals surface area contributed by atoms with Crippen LogP contribution < -0.4 is 10.5 Å². The first-order valence-electron chi connectivity index (χ1n) is 6.15. The van der Waals surface area contributed by atoms with Gasteiger partial charge in [0, 0.05) is 0 Å². The molecule has 1 atom stereocenters. The molecule has 1 unspecified atom stereocenters.